The Morgan fingerprint density at radius 1 is 1.17 bits per heavy atom. The number of hydrogen-bond donors (Lipinski definition) is 1. The van der Waals surface area contributed by atoms with Gasteiger partial charge in [0.2, 0.25) is 10.0 Å². The van der Waals surface area contributed by atoms with Crippen LogP contribution in [0, 0.1) is 10.1 Å². The summed E-state index contributed by atoms with van der Waals surface area (Å²) in [5.74, 6) is 0.995. The van der Waals surface area contributed by atoms with Gasteiger partial charge in [-0.25, -0.2) is 8.42 Å². The third-order valence-corrected chi connectivity index (χ3v) is 7.54. The van der Waals surface area contributed by atoms with Crippen molar-refractivity contribution in [3.05, 3.63) is 93.4 Å². The summed E-state index contributed by atoms with van der Waals surface area (Å²) < 4.78 is 45.0. The molecule has 0 bridgehead atoms. The van der Waals surface area contributed by atoms with E-state index in [4.69, 9.17) is 13.9 Å². The molecule has 0 radical (unpaired) electrons. The van der Waals surface area contributed by atoms with Crippen molar-refractivity contribution < 1.29 is 32.3 Å². The van der Waals surface area contributed by atoms with Gasteiger partial charge in [0.15, 0.2) is 4.67 Å². The van der Waals surface area contributed by atoms with Gasteiger partial charge in [-0.15, -0.1) is 6.58 Å². The summed E-state index contributed by atoms with van der Waals surface area (Å²) in [6, 6.07) is 11.3. The van der Waals surface area contributed by atoms with Crippen LogP contribution in [0.2, 0.25) is 0 Å². The number of non-ortho nitro benzene ring substituents is 1. The van der Waals surface area contributed by atoms with Crippen molar-refractivity contribution in [2.75, 3.05) is 14.2 Å². The average molecular weight is 567 g/mol. The summed E-state index contributed by atoms with van der Waals surface area (Å²) in [5.41, 5.74) is 0.228. The fraction of sp³-hybridized carbons (Fsp3) is 0.217. The second-order valence-corrected chi connectivity index (χ2v) is 9.96. The Morgan fingerprint density at radius 2 is 1.86 bits per heavy atom. The average Bonchev–Trinajstić information content (AvgIpc) is 3.30. The Bertz CT molecular complexity index is 1310. The van der Waals surface area contributed by atoms with E-state index >= 15 is 0 Å². The predicted octanol–water partition coefficient (Wildman–Crippen LogP) is 4.45. The number of furan rings is 1. The molecule has 1 heterocycles. The second kappa shape index (κ2) is 11.0. The van der Waals surface area contributed by atoms with Crippen LogP contribution in [0.1, 0.15) is 17.4 Å². The molecule has 2 atom stereocenters. The van der Waals surface area contributed by atoms with Crippen molar-refractivity contribution in [2.45, 2.75) is 23.6 Å². The molecule has 10 nitrogen and oxygen atoms in total. The highest BCUT2D eigenvalue weighted by Gasteiger charge is 2.37. The molecular weight excluding hydrogens is 544 g/mol. The molecule has 2 aromatic carbocycles. The lowest BCUT2D eigenvalue weighted by molar-refractivity contribution is -0.384. The van der Waals surface area contributed by atoms with Gasteiger partial charge in [-0.3, -0.25) is 10.1 Å². The van der Waals surface area contributed by atoms with E-state index in [1.165, 1.54) is 26.4 Å². The number of aliphatic hydroxyl groups excluding tert-OH is 1. The normalized spacial score (nSPS) is 13.3. The summed E-state index contributed by atoms with van der Waals surface area (Å²) in [5, 5.41) is 22.1. The molecule has 0 unspecified atom stereocenters. The molecule has 0 spiro atoms. The number of benzene rings is 2. The zero-order chi connectivity index (χ0) is 25.8. The SMILES string of the molecule is C=C[C@H]([C@H](O)c1ccc(Br)o1)N(Cc1ccc(OC)cc1OC)S(=O)(=O)c1ccc([N+](=O)[O-])cc1. The number of sulfonamides is 1. The molecule has 0 fully saturated rings. The van der Waals surface area contributed by atoms with Crippen LogP contribution in [0.25, 0.3) is 0 Å². The van der Waals surface area contributed by atoms with Crippen molar-refractivity contribution in [2.24, 2.45) is 0 Å². The van der Waals surface area contributed by atoms with E-state index in [0.29, 0.717) is 21.7 Å². The lowest BCUT2D eigenvalue weighted by atomic mass is 10.1. The van der Waals surface area contributed by atoms with Crippen LogP contribution < -0.4 is 9.47 Å². The molecule has 35 heavy (non-hydrogen) atoms. The highest BCUT2D eigenvalue weighted by atomic mass is 79.9. The van der Waals surface area contributed by atoms with Gasteiger partial charge in [-0.05, 0) is 46.3 Å². The zero-order valence-corrected chi connectivity index (χ0v) is 21.2. The van der Waals surface area contributed by atoms with Gasteiger partial charge < -0.3 is 19.0 Å². The van der Waals surface area contributed by atoms with E-state index in [-0.39, 0.29) is 22.9 Å². The summed E-state index contributed by atoms with van der Waals surface area (Å²) in [4.78, 5) is 10.2. The molecule has 0 aliphatic heterocycles. The van der Waals surface area contributed by atoms with Crippen LogP contribution >= 0.6 is 15.9 Å². The molecular formula is C23H23BrN2O8S. The van der Waals surface area contributed by atoms with E-state index in [1.54, 1.807) is 24.3 Å². The Balaban J connectivity index is 2.12. The number of rotatable bonds is 11. The van der Waals surface area contributed by atoms with Crippen LogP contribution in [-0.2, 0) is 16.6 Å². The summed E-state index contributed by atoms with van der Waals surface area (Å²) in [6.45, 7) is 3.51. The van der Waals surface area contributed by atoms with Crippen LogP contribution in [-0.4, -0.2) is 43.0 Å². The zero-order valence-electron chi connectivity index (χ0n) is 18.8. The fourth-order valence-electron chi connectivity index (χ4n) is 3.44. The number of methoxy groups -OCH3 is 2. The highest BCUT2D eigenvalue weighted by Crippen LogP contribution is 2.34. The molecule has 186 valence electrons. The lowest BCUT2D eigenvalue weighted by Gasteiger charge is -2.31. The minimum Gasteiger partial charge on any atom is -0.497 e. The molecule has 0 aliphatic carbocycles. The minimum absolute atomic E-state index is 0.118. The second-order valence-electron chi connectivity index (χ2n) is 7.29. The van der Waals surface area contributed by atoms with Crippen LogP contribution in [0.5, 0.6) is 11.5 Å². The van der Waals surface area contributed by atoms with Gasteiger partial charge in [0.25, 0.3) is 5.69 Å². The summed E-state index contributed by atoms with van der Waals surface area (Å²) >= 11 is 3.17. The van der Waals surface area contributed by atoms with Crippen LogP contribution in [0.4, 0.5) is 5.69 Å². The summed E-state index contributed by atoms with van der Waals surface area (Å²) in [7, 11) is -1.37. The third kappa shape index (κ3) is 5.73. The first kappa shape index (κ1) is 26.4. The van der Waals surface area contributed by atoms with Crippen LogP contribution in [0.3, 0.4) is 0 Å². The fourth-order valence-corrected chi connectivity index (χ4v) is 5.34. The largest absolute Gasteiger partial charge is 0.497 e. The Kier molecular flexibility index (Phi) is 8.33. The first-order valence-electron chi connectivity index (χ1n) is 10.2. The van der Waals surface area contributed by atoms with E-state index in [1.807, 2.05) is 0 Å². The van der Waals surface area contributed by atoms with Gasteiger partial charge in [0, 0.05) is 30.3 Å². The molecule has 0 amide bonds. The van der Waals surface area contributed by atoms with E-state index in [0.717, 1.165) is 28.6 Å². The first-order valence-corrected chi connectivity index (χ1v) is 12.4. The number of nitro groups is 1. The molecule has 3 aromatic rings. The maximum atomic E-state index is 13.8. The number of nitro benzene ring substituents is 1. The maximum Gasteiger partial charge on any atom is 0.269 e. The molecule has 0 saturated heterocycles. The number of hydrogen-bond acceptors (Lipinski definition) is 8. The van der Waals surface area contributed by atoms with E-state index in [9.17, 15) is 23.6 Å². The Labute approximate surface area is 210 Å². The van der Waals surface area contributed by atoms with Gasteiger partial charge in [0.1, 0.15) is 23.4 Å². The number of halogens is 1. The topological polar surface area (TPSA) is 132 Å². The predicted molar refractivity (Wildman–Crippen MR) is 131 cm³/mol. The molecule has 0 aliphatic rings. The molecule has 1 aromatic heterocycles. The standard InChI is InChI=1S/C23H23BrN2O8S/c1-4-19(23(27)20-11-12-22(24)34-20)25(14-15-5-8-17(32-2)13-21(15)33-3)35(30,31)18-9-6-16(7-10-18)26(28)29/h4-13,19,23,27H,1,14H2,2-3H3/t19-,23+/m1/s1. The maximum absolute atomic E-state index is 13.8. The third-order valence-electron chi connectivity index (χ3n) is 5.26. The number of aliphatic hydroxyl groups is 1. The van der Waals surface area contributed by atoms with E-state index in [2.05, 4.69) is 22.5 Å². The highest BCUT2D eigenvalue weighted by molar-refractivity contribution is 9.10. The van der Waals surface area contributed by atoms with Gasteiger partial charge in [0.05, 0.1) is 30.1 Å². The van der Waals surface area contributed by atoms with E-state index < -0.39 is 27.1 Å². The van der Waals surface area contributed by atoms with Gasteiger partial charge in [-0.2, -0.15) is 4.31 Å². The minimum atomic E-state index is -4.30. The molecule has 3 rings (SSSR count). The molecule has 1 N–H and O–H groups in total. The van der Waals surface area contributed by atoms with Crippen molar-refractivity contribution in [3.63, 3.8) is 0 Å². The van der Waals surface area contributed by atoms with Gasteiger partial charge in [-0.1, -0.05) is 12.1 Å². The van der Waals surface area contributed by atoms with Crippen molar-refractivity contribution in [1.29, 1.82) is 0 Å². The lowest BCUT2D eigenvalue weighted by Crippen LogP contribution is -2.42. The van der Waals surface area contributed by atoms with Crippen molar-refractivity contribution in [3.8, 4) is 11.5 Å². The van der Waals surface area contributed by atoms with Crippen molar-refractivity contribution in [1.82, 2.24) is 4.31 Å². The Morgan fingerprint density at radius 3 is 2.37 bits per heavy atom. The number of nitrogens with zero attached hydrogens (tertiary/aromatic N) is 2. The first-order chi connectivity index (χ1) is 16.6. The summed E-state index contributed by atoms with van der Waals surface area (Å²) in [6.07, 6.45) is -0.115. The molecule has 12 heteroatoms. The smallest absolute Gasteiger partial charge is 0.269 e. The number of ether oxygens (including phenoxy) is 2. The Hall–Kier alpha value is -3.19. The van der Waals surface area contributed by atoms with Crippen LogP contribution in [0.15, 0.2) is 81.2 Å². The monoisotopic (exact) mass is 566 g/mol. The van der Waals surface area contributed by atoms with Gasteiger partial charge >= 0.3 is 0 Å². The molecule has 0 saturated carbocycles. The quantitative estimate of drug-likeness (QED) is 0.204. The van der Waals surface area contributed by atoms with Crippen molar-refractivity contribution >= 4 is 31.6 Å².